The number of aliphatic hydroxyl groups is 1. The van der Waals surface area contributed by atoms with Crippen LogP contribution in [0.5, 0.6) is 0 Å². The molecule has 9 heteroatoms. The van der Waals surface area contributed by atoms with Gasteiger partial charge in [-0.25, -0.2) is 9.18 Å². The molecule has 146 valence electrons. The molecule has 0 aromatic carbocycles. The molecule has 0 aromatic rings. The molecule has 26 heavy (non-hydrogen) atoms. The van der Waals surface area contributed by atoms with Gasteiger partial charge in [0.1, 0.15) is 6.04 Å². The summed E-state index contributed by atoms with van der Waals surface area (Å²) in [6.07, 6.45) is -0.937. The first-order valence-electron chi connectivity index (χ1n) is 9.14. The van der Waals surface area contributed by atoms with Crippen molar-refractivity contribution in [2.45, 2.75) is 50.9 Å². The van der Waals surface area contributed by atoms with Gasteiger partial charge in [0, 0.05) is 39.1 Å². The maximum absolute atomic E-state index is 14.4. The van der Waals surface area contributed by atoms with Crippen molar-refractivity contribution in [1.82, 2.24) is 14.7 Å². The quantitative estimate of drug-likeness (QED) is 0.740. The van der Waals surface area contributed by atoms with Crippen LogP contribution in [-0.4, -0.2) is 93.9 Å². The Labute approximate surface area is 151 Å². The third kappa shape index (κ3) is 3.49. The van der Waals surface area contributed by atoms with Gasteiger partial charge in [-0.2, -0.15) is 0 Å². The predicted molar refractivity (Wildman–Crippen MR) is 89.2 cm³/mol. The van der Waals surface area contributed by atoms with Crippen LogP contribution in [0.25, 0.3) is 0 Å². The van der Waals surface area contributed by atoms with E-state index in [1.54, 1.807) is 0 Å². The molecule has 0 bridgehead atoms. The van der Waals surface area contributed by atoms with Crippen molar-refractivity contribution in [3.8, 4) is 0 Å². The van der Waals surface area contributed by atoms with Gasteiger partial charge in [-0.1, -0.05) is 0 Å². The standard InChI is InChI=1S/C17H26FN3O5/c1-11-14(23)19(8-9-21(11)16(25)26)6-2-12(18)15(24)20-7-5-17(3-4-17)13(22)10-20/h11-13,22H,2-10H2,1H3,(H,25,26). The smallest absolute Gasteiger partial charge is 0.408 e. The molecule has 3 rings (SSSR count). The number of amides is 3. The maximum Gasteiger partial charge on any atom is 0.408 e. The van der Waals surface area contributed by atoms with E-state index >= 15 is 0 Å². The molecule has 3 unspecified atom stereocenters. The van der Waals surface area contributed by atoms with Gasteiger partial charge in [0.05, 0.1) is 6.10 Å². The third-order valence-electron chi connectivity index (χ3n) is 6.10. The maximum atomic E-state index is 14.4. The van der Waals surface area contributed by atoms with Crippen LogP contribution < -0.4 is 0 Å². The van der Waals surface area contributed by atoms with Gasteiger partial charge in [-0.3, -0.25) is 14.5 Å². The van der Waals surface area contributed by atoms with E-state index in [9.17, 15) is 23.9 Å². The van der Waals surface area contributed by atoms with Crippen LogP contribution >= 0.6 is 0 Å². The predicted octanol–water partition coefficient (Wildman–Crippen LogP) is 0.299. The normalized spacial score (nSPS) is 29.0. The van der Waals surface area contributed by atoms with Crippen molar-refractivity contribution in [3.63, 3.8) is 0 Å². The van der Waals surface area contributed by atoms with Crippen LogP contribution in [0.2, 0.25) is 0 Å². The van der Waals surface area contributed by atoms with Gasteiger partial charge in [-0.05, 0) is 31.6 Å². The van der Waals surface area contributed by atoms with Gasteiger partial charge in [0.25, 0.3) is 5.91 Å². The van der Waals surface area contributed by atoms with E-state index in [2.05, 4.69) is 0 Å². The number of hydrogen-bond donors (Lipinski definition) is 2. The highest BCUT2D eigenvalue weighted by Crippen LogP contribution is 2.53. The third-order valence-corrected chi connectivity index (χ3v) is 6.10. The fourth-order valence-electron chi connectivity index (χ4n) is 3.97. The van der Waals surface area contributed by atoms with Crippen molar-refractivity contribution in [1.29, 1.82) is 0 Å². The first kappa shape index (κ1) is 18.9. The van der Waals surface area contributed by atoms with Crippen molar-refractivity contribution >= 4 is 17.9 Å². The summed E-state index contributed by atoms with van der Waals surface area (Å²) < 4.78 is 14.4. The number of aliphatic hydroxyl groups excluding tert-OH is 1. The lowest BCUT2D eigenvalue weighted by Crippen LogP contribution is -2.57. The summed E-state index contributed by atoms with van der Waals surface area (Å²) in [5.41, 5.74) is -0.0467. The topological polar surface area (TPSA) is 101 Å². The van der Waals surface area contributed by atoms with Crippen LogP contribution in [0.4, 0.5) is 9.18 Å². The average molecular weight is 371 g/mol. The number of carbonyl (C=O) groups excluding carboxylic acids is 2. The summed E-state index contributed by atoms with van der Waals surface area (Å²) in [4.78, 5) is 39.4. The van der Waals surface area contributed by atoms with Crippen molar-refractivity contribution < 1.29 is 29.0 Å². The van der Waals surface area contributed by atoms with Crippen molar-refractivity contribution in [3.05, 3.63) is 0 Å². The Morgan fingerprint density at radius 3 is 2.54 bits per heavy atom. The van der Waals surface area contributed by atoms with Crippen molar-refractivity contribution in [2.24, 2.45) is 5.41 Å². The lowest BCUT2D eigenvalue weighted by molar-refractivity contribution is -0.144. The second-order valence-electron chi connectivity index (χ2n) is 7.65. The van der Waals surface area contributed by atoms with Crippen LogP contribution in [0.1, 0.15) is 32.6 Å². The molecule has 3 aliphatic rings. The molecule has 3 atom stereocenters. The van der Waals surface area contributed by atoms with E-state index < -0.39 is 30.3 Å². The van der Waals surface area contributed by atoms with Crippen LogP contribution in [-0.2, 0) is 9.59 Å². The molecule has 2 N–H and O–H groups in total. The van der Waals surface area contributed by atoms with Gasteiger partial charge in [0.2, 0.25) is 5.91 Å². The number of carbonyl (C=O) groups is 3. The van der Waals surface area contributed by atoms with Crippen LogP contribution in [0.3, 0.4) is 0 Å². The van der Waals surface area contributed by atoms with E-state index in [1.807, 2.05) is 0 Å². The monoisotopic (exact) mass is 371 g/mol. The molecule has 2 heterocycles. The van der Waals surface area contributed by atoms with Crippen LogP contribution in [0, 0.1) is 5.41 Å². The Morgan fingerprint density at radius 1 is 1.27 bits per heavy atom. The van der Waals surface area contributed by atoms with Gasteiger partial charge in [0.15, 0.2) is 6.17 Å². The van der Waals surface area contributed by atoms with Gasteiger partial charge < -0.3 is 20.0 Å². The molecule has 2 saturated heterocycles. The summed E-state index contributed by atoms with van der Waals surface area (Å²) in [5.74, 6) is -1.01. The minimum absolute atomic E-state index is 0.0467. The van der Waals surface area contributed by atoms with Gasteiger partial charge >= 0.3 is 6.09 Å². The highest BCUT2D eigenvalue weighted by atomic mass is 19.1. The zero-order valence-electron chi connectivity index (χ0n) is 14.9. The fraction of sp³-hybridized carbons (Fsp3) is 0.824. The van der Waals surface area contributed by atoms with Crippen molar-refractivity contribution in [2.75, 3.05) is 32.7 Å². The second kappa shape index (κ2) is 7.02. The number of halogens is 1. The first-order valence-corrected chi connectivity index (χ1v) is 9.14. The number of rotatable bonds is 4. The van der Waals surface area contributed by atoms with E-state index in [-0.39, 0.29) is 43.9 Å². The number of β-amino-alcohol motifs (C(OH)–C–C–N with tert-alkyl or cyclic N) is 1. The van der Waals surface area contributed by atoms with E-state index in [4.69, 9.17) is 5.11 Å². The Kier molecular flexibility index (Phi) is 5.09. The minimum Gasteiger partial charge on any atom is -0.465 e. The van der Waals surface area contributed by atoms with E-state index in [0.717, 1.165) is 17.7 Å². The SMILES string of the molecule is CC1C(=O)N(CCC(F)C(=O)N2CCC3(CC3)C(O)C2)CCN1C(=O)O. The summed E-state index contributed by atoms with van der Waals surface area (Å²) in [6.45, 7) is 2.58. The molecule has 3 amide bonds. The Bertz CT molecular complexity index is 597. The molecule has 1 spiro atoms. The molecule has 1 aliphatic carbocycles. The molecular weight excluding hydrogens is 345 g/mol. The number of alkyl halides is 1. The lowest BCUT2D eigenvalue weighted by atomic mass is 9.90. The van der Waals surface area contributed by atoms with E-state index in [0.29, 0.717) is 13.0 Å². The summed E-state index contributed by atoms with van der Waals surface area (Å²) in [5, 5.41) is 19.2. The number of carboxylic acid groups (broad SMARTS) is 1. The number of piperazine rings is 1. The molecule has 1 saturated carbocycles. The largest absolute Gasteiger partial charge is 0.465 e. The number of likely N-dealkylation sites (tertiary alicyclic amines) is 1. The zero-order valence-corrected chi connectivity index (χ0v) is 14.9. The molecular formula is C17H26FN3O5. The molecule has 8 nitrogen and oxygen atoms in total. The molecule has 3 fully saturated rings. The van der Waals surface area contributed by atoms with Crippen LogP contribution in [0.15, 0.2) is 0 Å². The number of piperidine rings is 1. The zero-order chi connectivity index (χ0) is 19.1. The highest BCUT2D eigenvalue weighted by molar-refractivity contribution is 5.86. The van der Waals surface area contributed by atoms with E-state index in [1.165, 1.54) is 16.7 Å². The summed E-state index contributed by atoms with van der Waals surface area (Å²) >= 11 is 0. The lowest BCUT2D eigenvalue weighted by Gasteiger charge is -2.38. The summed E-state index contributed by atoms with van der Waals surface area (Å²) in [6, 6.07) is -0.804. The Hall–Kier alpha value is -1.90. The number of nitrogens with zero attached hydrogens (tertiary/aromatic N) is 3. The minimum atomic E-state index is -1.73. The average Bonchev–Trinajstić information content (AvgIpc) is 3.38. The van der Waals surface area contributed by atoms with Gasteiger partial charge in [-0.15, -0.1) is 0 Å². The molecule has 0 radical (unpaired) electrons. The number of hydrogen-bond acceptors (Lipinski definition) is 4. The second-order valence-corrected chi connectivity index (χ2v) is 7.65. The molecule has 0 aromatic heterocycles. The first-order chi connectivity index (χ1) is 12.2. The highest BCUT2D eigenvalue weighted by Gasteiger charge is 2.52. The Balaban J connectivity index is 1.48. The fourth-order valence-corrected chi connectivity index (χ4v) is 3.97. The summed E-state index contributed by atoms with van der Waals surface area (Å²) in [7, 11) is 0. The Morgan fingerprint density at radius 2 is 1.96 bits per heavy atom. The molecule has 2 aliphatic heterocycles.